The Labute approximate surface area is 305 Å². The van der Waals surface area contributed by atoms with Gasteiger partial charge in [-0.3, -0.25) is 10.1 Å². The van der Waals surface area contributed by atoms with Crippen molar-refractivity contribution in [1.82, 2.24) is 15.3 Å². The summed E-state index contributed by atoms with van der Waals surface area (Å²) in [5.74, 6) is 3.48. The molecule has 0 spiro atoms. The lowest BCUT2D eigenvalue weighted by Gasteiger charge is -2.49. The van der Waals surface area contributed by atoms with Crippen LogP contribution in [0.4, 0.5) is 10.7 Å². The summed E-state index contributed by atoms with van der Waals surface area (Å²) in [4.78, 5) is 36.1. The molecule has 8 nitrogen and oxygen atoms in total. The molecule has 1 saturated carbocycles. The molecule has 0 bridgehead atoms. The number of carbonyl (C=O) groups is 2. The number of carbonyl (C=O) groups excluding carboxylic acids is 2. The summed E-state index contributed by atoms with van der Waals surface area (Å²) in [6.07, 6.45) is 6.54. The monoisotopic (exact) mass is 704 g/mol. The van der Waals surface area contributed by atoms with Crippen LogP contribution in [0, 0.1) is 11.8 Å². The summed E-state index contributed by atoms with van der Waals surface area (Å²) in [5, 5.41) is 5.72. The molecule has 0 aliphatic heterocycles. The zero-order chi connectivity index (χ0) is 35.6. The van der Waals surface area contributed by atoms with Gasteiger partial charge in [0.1, 0.15) is 24.0 Å². The van der Waals surface area contributed by atoms with Crippen molar-refractivity contribution in [2.75, 3.05) is 11.1 Å². The number of nitrogens with one attached hydrogen (secondary N) is 2. The first-order valence-electron chi connectivity index (χ1n) is 18.1. The van der Waals surface area contributed by atoms with Gasteiger partial charge in [0, 0.05) is 23.1 Å². The van der Waals surface area contributed by atoms with Gasteiger partial charge in [0.25, 0.3) is 0 Å². The van der Waals surface area contributed by atoms with Gasteiger partial charge in [0.15, 0.2) is 0 Å². The number of rotatable bonds is 10. The lowest BCUT2D eigenvalue weighted by Crippen LogP contribution is -2.47. The number of hydrogen-bond donors (Lipinski definition) is 2. The first-order chi connectivity index (χ1) is 24.6. The fraction of sp³-hybridized carbons (Fsp3) is 0.429. The van der Waals surface area contributed by atoms with Crippen LogP contribution in [-0.4, -0.2) is 39.4 Å². The normalized spacial score (nSPS) is 22.4. The summed E-state index contributed by atoms with van der Waals surface area (Å²) < 4.78 is 11.7. The Kier molecular flexibility index (Phi) is 10.1. The molecule has 2 N–H and O–H groups in total. The van der Waals surface area contributed by atoms with Crippen LogP contribution in [0.5, 0.6) is 5.75 Å². The zero-order valence-electron chi connectivity index (χ0n) is 30.0. The molecular formula is C42H48N4O4S. The van der Waals surface area contributed by atoms with Gasteiger partial charge in [-0.15, -0.1) is 0 Å². The van der Waals surface area contributed by atoms with Crippen molar-refractivity contribution < 1.29 is 19.1 Å². The molecule has 266 valence electrons. The van der Waals surface area contributed by atoms with E-state index in [0.717, 1.165) is 49.1 Å². The van der Waals surface area contributed by atoms with E-state index in [9.17, 15) is 9.59 Å². The highest BCUT2D eigenvalue weighted by Gasteiger charge is 2.54. The largest absolute Gasteiger partial charge is 0.489 e. The summed E-state index contributed by atoms with van der Waals surface area (Å²) in [5.41, 5.74) is 6.68. The molecule has 0 radical (unpaired) electrons. The first kappa shape index (κ1) is 35.1. The fourth-order valence-electron chi connectivity index (χ4n) is 8.43. The fourth-order valence-corrected chi connectivity index (χ4v) is 9.44. The molecule has 2 amide bonds. The predicted octanol–water partition coefficient (Wildman–Crippen LogP) is 8.39. The molecule has 9 heteroatoms. The zero-order valence-corrected chi connectivity index (χ0v) is 30.8. The van der Waals surface area contributed by atoms with Gasteiger partial charge in [-0.25, -0.2) is 14.8 Å². The van der Waals surface area contributed by atoms with E-state index >= 15 is 0 Å². The van der Waals surface area contributed by atoms with E-state index in [1.807, 2.05) is 54.7 Å². The number of thioether (sulfide) groups is 1. The SMILES string of the molecule is CC(C)(C)OC(=O)NC(CSCc1ccccc1)C(=O)Nc1ncc2c(n1)[C@@]1(C)CCC3c4ccc(OCc5ccccc5)cc4CCC3C1C2. The van der Waals surface area contributed by atoms with Crippen molar-refractivity contribution in [3.05, 3.63) is 119 Å². The number of aryl methyl sites for hydroxylation is 1. The molecule has 7 rings (SSSR count). The predicted molar refractivity (Wildman–Crippen MR) is 202 cm³/mol. The highest BCUT2D eigenvalue weighted by molar-refractivity contribution is 7.98. The minimum absolute atomic E-state index is 0.0884. The van der Waals surface area contributed by atoms with E-state index in [1.54, 1.807) is 32.5 Å². The van der Waals surface area contributed by atoms with E-state index in [2.05, 4.69) is 52.9 Å². The summed E-state index contributed by atoms with van der Waals surface area (Å²) in [6, 6.07) is 26.3. The second kappa shape index (κ2) is 14.7. The van der Waals surface area contributed by atoms with Crippen LogP contribution in [0.2, 0.25) is 0 Å². The number of amides is 2. The number of ether oxygens (including phenoxy) is 2. The topological polar surface area (TPSA) is 102 Å². The third-order valence-corrected chi connectivity index (χ3v) is 11.9. The highest BCUT2D eigenvalue weighted by atomic mass is 32.2. The maximum absolute atomic E-state index is 13.7. The minimum Gasteiger partial charge on any atom is -0.489 e. The third-order valence-electron chi connectivity index (χ3n) is 10.8. The Balaban J connectivity index is 1.03. The maximum Gasteiger partial charge on any atom is 0.408 e. The van der Waals surface area contributed by atoms with Crippen LogP contribution >= 0.6 is 11.8 Å². The van der Waals surface area contributed by atoms with Gasteiger partial charge in [0.05, 0.1) is 5.69 Å². The van der Waals surface area contributed by atoms with E-state index in [4.69, 9.17) is 14.5 Å². The molecule has 3 aliphatic rings. The minimum atomic E-state index is -0.823. The Hall–Kier alpha value is -4.37. The average Bonchev–Trinajstić information content (AvgIpc) is 3.42. The first-order valence-corrected chi connectivity index (χ1v) is 19.3. The number of aromatic nitrogens is 2. The lowest BCUT2D eigenvalue weighted by molar-refractivity contribution is -0.117. The molecular weight excluding hydrogens is 657 g/mol. The summed E-state index contributed by atoms with van der Waals surface area (Å²) >= 11 is 1.58. The third kappa shape index (κ3) is 7.93. The number of fused-ring (bicyclic) bond motifs is 7. The van der Waals surface area contributed by atoms with E-state index in [-0.39, 0.29) is 17.3 Å². The van der Waals surface area contributed by atoms with Gasteiger partial charge in [-0.1, -0.05) is 73.7 Å². The quantitative estimate of drug-likeness (QED) is 0.171. The van der Waals surface area contributed by atoms with Crippen LogP contribution in [0.3, 0.4) is 0 Å². The number of anilines is 1. The summed E-state index contributed by atoms with van der Waals surface area (Å²) in [6.45, 7) is 8.34. The average molecular weight is 705 g/mol. The number of benzene rings is 3. The van der Waals surface area contributed by atoms with Crippen molar-refractivity contribution >= 4 is 29.7 Å². The second-order valence-electron chi connectivity index (χ2n) is 15.5. The van der Waals surface area contributed by atoms with Gasteiger partial charge < -0.3 is 14.8 Å². The Morgan fingerprint density at radius 1 is 0.980 bits per heavy atom. The van der Waals surface area contributed by atoms with Crippen LogP contribution in [-0.2, 0) is 40.1 Å². The number of alkyl carbamates (subject to hydrolysis) is 1. The van der Waals surface area contributed by atoms with E-state index in [0.29, 0.717) is 35.9 Å². The van der Waals surface area contributed by atoms with E-state index in [1.165, 1.54) is 22.3 Å². The molecule has 3 aliphatic carbocycles. The standard InChI is InChI=1S/C42H48N4O4S/c1-41(2,3)50-40(48)44-36(26-51-25-28-13-9-6-10-14-28)38(47)46-39-43-23-30-22-35-34-17-15-29-21-31(49-24-27-11-7-5-8-12-27)16-18-32(29)33(34)19-20-42(35,4)37(30)45-39/h5-14,16,18,21,23,33-36H,15,17,19-20,22,24-26H2,1-4H3,(H,44,48)(H,43,45,46,47)/t33?,34?,35?,36?,42-/m0/s1. The van der Waals surface area contributed by atoms with Gasteiger partial charge in [0.2, 0.25) is 11.9 Å². The Morgan fingerprint density at radius 2 is 1.73 bits per heavy atom. The smallest absolute Gasteiger partial charge is 0.408 e. The number of nitrogens with zero attached hydrogens (tertiary/aromatic N) is 2. The van der Waals surface area contributed by atoms with Crippen LogP contribution < -0.4 is 15.4 Å². The highest BCUT2D eigenvalue weighted by Crippen LogP contribution is 2.59. The van der Waals surface area contributed by atoms with E-state index < -0.39 is 17.7 Å². The number of hydrogen-bond acceptors (Lipinski definition) is 7. The molecule has 0 saturated heterocycles. The summed E-state index contributed by atoms with van der Waals surface area (Å²) in [7, 11) is 0. The van der Waals surface area contributed by atoms with Crippen molar-refractivity contribution in [3.63, 3.8) is 0 Å². The van der Waals surface area contributed by atoms with Crippen molar-refractivity contribution in [3.8, 4) is 5.75 Å². The molecule has 3 aromatic carbocycles. The second-order valence-corrected chi connectivity index (χ2v) is 16.5. The van der Waals surface area contributed by atoms with Crippen LogP contribution in [0.25, 0.3) is 0 Å². The molecule has 1 aromatic heterocycles. The Bertz CT molecular complexity index is 1860. The van der Waals surface area contributed by atoms with Gasteiger partial charge >= 0.3 is 6.09 Å². The maximum atomic E-state index is 13.7. The molecule has 51 heavy (non-hydrogen) atoms. The van der Waals surface area contributed by atoms with Crippen LogP contribution in [0.15, 0.2) is 85.1 Å². The van der Waals surface area contributed by atoms with Crippen molar-refractivity contribution in [1.29, 1.82) is 0 Å². The van der Waals surface area contributed by atoms with Crippen LogP contribution in [0.1, 0.15) is 86.4 Å². The molecule has 1 fully saturated rings. The molecule has 5 atom stereocenters. The molecule has 4 aromatic rings. The van der Waals surface area contributed by atoms with Crippen molar-refractivity contribution in [2.24, 2.45) is 11.8 Å². The lowest BCUT2D eigenvalue weighted by atomic mass is 9.55. The van der Waals surface area contributed by atoms with Gasteiger partial charge in [-0.2, -0.15) is 11.8 Å². The van der Waals surface area contributed by atoms with Gasteiger partial charge in [-0.05, 0) is 111 Å². The Morgan fingerprint density at radius 3 is 2.47 bits per heavy atom. The molecule has 1 heterocycles. The van der Waals surface area contributed by atoms with Crippen molar-refractivity contribution in [2.45, 2.75) is 95.1 Å². The molecule has 4 unspecified atom stereocenters.